The highest BCUT2D eigenvalue weighted by molar-refractivity contribution is 5.78. The third kappa shape index (κ3) is 4.22. The molecule has 27 heavy (non-hydrogen) atoms. The summed E-state index contributed by atoms with van der Waals surface area (Å²) in [5, 5.41) is 7.52. The van der Waals surface area contributed by atoms with Crippen molar-refractivity contribution in [1.82, 2.24) is 20.0 Å². The van der Waals surface area contributed by atoms with Gasteiger partial charge in [-0.2, -0.15) is 5.10 Å². The number of hydrogen-bond acceptors (Lipinski definition) is 4. The average molecular weight is 368 g/mol. The number of morpholine rings is 1. The summed E-state index contributed by atoms with van der Waals surface area (Å²) in [6.45, 7) is 7.37. The molecular formula is C21H28N4O2. The van der Waals surface area contributed by atoms with Gasteiger partial charge in [0.1, 0.15) is 0 Å². The Morgan fingerprint density at radius 1 is 1.22 bits per heavy atom. The predicted molar refractivity (Wildman–Crippen MR) is 105 cm³/mol. The van der Waals surface area contributed by atoms with Gasteiger partial charge in [-0.3, -0.25) is 14.8 Å². The van der Waals surface area contributed by atoms with Crippen molar-refractivity contribution in [1.29, 1.82) is 0 Å². The van der Waals surface area contributed by atoms with Crippen molar-refractivity contribution in [2.75, 3.05) is 45.9 Å². The van der Waals surface area contributed by atoms with Crippen molar-refractivity contribution in [3.05, 3.63) is 41.7 Å². The van der Waals surface area contributed by atoms with E-state index in [9.17, 15) is 4.79 Å². The zero-order valence-corrected chi connectivity index (χ0v) is 16.0. The second-order valence-corrected chi connectivity index (χ2v) is 7.63. The van der Waals surface area contributed by atoms with Crippen molar-refractivity contribution in [3.63, 3.8) is 0 Å². The molecule has 1 atom stereocenters. The lowest BCUT2D eigenvalue weighted by molar-refractivity contribution is -0.134. The minimum Gasteiger partial charge on any atom is -0.379 e. The largest absolute Gasteiger partial charge is 0.379 e. The van der Waals surface area contributed by atoms with Crippen LogP contribution in [-0.2, 0) is 9.53 Å². The molecule has 1 unspecified atom stereocenters. The molecule has 0 aliphatic carbocycles. The van der Waals surface area contributed by atoms with E-state index in [0.717, 1.165) is 63.5 Å². The maximum absolute atomic E-state index is 12.8. The molecule has 0 bridgehead atoms. The first kappa shape index (κ1) is 18.2. The molecule has 1 N–H and O–H groups in total. The smallest absolute Gasteiger partial charge is 0.236 e. The SMILES string of the molecule is Cc1ccc(-c2cn[nH]c2C2CCCN(C(=O)CN3CCOCC3)C2)cc1. The van der Waals surface area contributed by atoms with Crippen LogP contribution in [0.2, 0.25) is 0 Å². The fourth-order valence-corrected chi connectivity index (χ4v) is 4.06. The van der Waals surface area contributed by atoms with Crippen molar-refractivity contribution in [2.24, 2.45) is 0 Å². The summed E-state index contributed by atoms with van der Waals surface area (Å²) in [6.07, 6.45) is 4.03. The van der Waals surface area contributed by atoms with E-state index in [-0.39, 0.29) is 5.91 Å². The zero-order chi connectivity index (χ0) is 18.6. The Kier molecular flexibility index (Phi) is 5.55. The van der Waals surface area contributed by atoms with Crippen molar-refractivity contribution >= 4 is 5.91 Å². The molecule has 6 nitrogen and oxygen atoms in total. The summed E-state index contributed by atoms with van der Waals surface area (Å²) in [6, 6.07) is 8.55. The van der Waals surface area contributed by atoms with Crippen LogP contribution in [0.3, 0.4) is 0 Å². The van der Waals surface area contributed by atoms with E-state index >= 15 is 0 Å². The lowest BCUT2D eigenvalue weighted by Gasteiger charge is -2.35. The number of nitrogens with one attached hydrogen (secondary N) is 1. The van der Waals surface area contributed by atoms with Gasteiger partial charge in [-0.1, -0.05) is 29.8 Å². The molecular weight excluding hydrogens is 340 g/mol. The number of nitrogens with zero attached hydrogens (tertiary/aromatic N) is 3. The summed E-state index contributed by atoms with van der Waals surface area (Å²) in [4.78, 5) is 17.0. The number of benzene rings is 1. The molecule has 1 aromatic carbocycles. The molecule has 3 heterocycles. The van der Waals surface area contributed by atoms with Crippen LogP contribution in [0.15, 0.2) is 30.5 Å². The van der Waals surface area contributed by atoms with Gasteiger partial charge < -0.3 is 9.64 Å². The van der Waals surface area contributed by atoms with Gasteiger partial charge >= 0.3 is 0 Å². The second-order valence-electron chi connectivity index (χ2n) is 7.63. The lowest BCUT2D eigenvalue weighted by Crippen LogP contribution is -2.47. The maximum atomic E-state index is 12.8. The Bertz CT molecular complexity index is 765. The average Bonchev–Trinajstić information content (AvgIpc) is 3.19. The number of hydrogen-bond donors (Lipinski definition) is 1. The van der Waals surface area contributed by atoms with Crippen molar-refractivity contribution in [2.45, 2.75) is 25.7 Å². The number of amides is 1. The van der Waals surface area contributed by atoms with E-state index in [1.165, 1.54) is 11.1 Å². The molecule has 2 saturated heterocycles. The number of carbonyl (C=O) groups is 1. The number of aromatic amines is 1. The van der Waals surface area contributed by atoms with Gasteiger partial charge in [0.2, 0.25) is 5.91 Å². The number of piperidine rings is 1. The minimum atomic E-state index is 0.234. The summed E-state index contributed by atoms with van der Waals surface area (Å²) in [7, 11) is 0. The predicted octanol–water partition coefficient (Wildman–Crippen LogP) is 2.42. The van der Waals surface area contributed by atoms with E-state index in [1.807, 2.05) is 11.1 Å². The van der Waals surface area contributed by atoms with E-state index < -0.39 is 0 Å². The van der Waals surface area contributed by atoms with Crippen LogP contribution in [0, 0.1) is 6.92 Å². The van der Waals surface area contributed by atoms with Gasteiger partial charge in [0.05, 0.1) is 26.0 Å². The molecule has 1 aromatic heterocycles. The Hall–Kier alpha value is -2.18. The summed E-state index contributed by atoms with van der Waals surface area (Å²) in [5.41, 5.74) is 4.74. The zero-order valence-electron chi connectivity index (χ0n) is 16.0. The van der Waals surface area contributed by atoms with Crippen LogP contribution in [0.1, 0.15) is 30.0 Å². The highest BCUT2D eigenvalue weighted by Gasteiger charge is 2.28. The van der Waals surface area contributed by atoms with Crippen LogP contribution < -0.4 is 0 Å². The number of carbonyl (C=O) groups excluding carboxylic acids is 1. The molecule has 0 saturated carbocycles. The Balaban J connectivity index is 1.45. The van der Waals surface area contributed by atoms with Crippen LogP contribution >= 0.6 is 0 Å². The first-order valence-electron chi connectivity index (χ1n) is 9.89. The molecule has 144 valence electrons. The second kappa shape index (κ2) is 8.23. The number of aryl methyl sites for hydroxylation is 1. The monoisotopic (exact) mass is 368 g/mol. The first-order valence-corrected chi connectivity index (χ1v) is 9.89. The Morgan fingerprint density at radius 2 is 2.00 bits per heavy atom. The van der Waals surface area contributed by atoms with Crippen LogP contribution in [0.25, 0.3) is 11.1 Å². The summed E-state index contributed by atoms with van der Waals surface area (Å²) < 4.78 is 5.38. The topological polar surface area (TPSA) is 61.5 Å². The molecule has 4 rings (SSSR count). The molecule has 2 aliphatic rings. The number of H-pyrrole nitrogens is 1. The minimum absolute atomic E-state index is 0.234. The summed E-state index contributed by atoms with van der Waals surface area (Å²) >= 11 is 0. The maximum Gasteiger partial charge on any atom is 0.236 e. The van der Waals surface area contributed by atoms with Gasteiger partial charge in [0.25, 0.3) is 0 Å². The van der Waals surface area contributed by atoms with Crippen molar-refractivity contribution < 1.29 is 9.53 Å². The molecule has 6 heteroatoms. The van der Waals surface area contributed by atoms with Crippen LogP contribution in [-0.4, -0.2) is 71.8 Å². The van der Waals surface area contributed by atoms with Gasteiger partial charge in [-0.15, -0.1) is 0 Å². The van der Waals surface area contributed by atoms with Gasteiger partial charge in [-0.05, 0) is 25.3 Å². The first-order chi connectivity index (χ1) is 13.2. The number of ether oxygens (including phenoxy) is 1. The van der Waals surface area contributed by atoms with Crippen LogP contribution in [0.5, 0.6) is 0 Å². The number of rotatable bonds is 4. The summed E-state index contributed by atoms with van der Waals surface area (Å²) in [5.74, 6) is 0.546. The Morgan fingerprint density at radius 3 is 2.78 bits per heavy atom. The molecule has 2 aromatic rings. The molecule has 2 fully saturated rings. The highest BCUT2D eigenvalue weighted by atomic mass is 16.5. The fraction of sp³-hybridized carbons (Fsp3) is 0.524. The third-order valence-electron chi connectivity index (χ3n) is 5.68. The Labute approximate surface area is 160 Å². The third-order valence-corrected chi connectivity index (χ3v) is 5.68. The van der Waals surface area contributed by atoms with Gasteiger partial charge in [0, 0.05) is 43.4 Å². The van der Waals surface area contributed by atoms with E-state index in [1.54, 1.807) is 0 Å². The lowest BCUT2D eigenvalue weighted by atomic mass is 9.90. The molecule has 0 radical (unpaired) electrons. The highest BCUT2D eigenvalue weighted by Crippen LogP contribution is 2.33. The number of likely N-dealkylation sites (tertiary alicyclic amines) is 1. The van der Waals surface area contributed by atoms with E-state index in [2.05, 4.69) is 46.3 Å². The quantitative estimate of drug-likeness (QED) is 0.900. The normalized spacial score (nSPS) is 21.4. The van der Waals surface area contributed by atoms with Crippen molar-refractivity contribution in [3.8, 4) is 11.1 Å². The molecule has 0 spiro atoms. The van der Waals surface area contributed by atoms with E-state index in [4.69, 9.17) is 4.74 Å². The standard InChI is InChI=1S/C21H28N4O2/c1-16-4-6-17(7-5-16)19-13-22-23-21(19)18-3-2-8-25(14-18)20(26)15-24-9-11-27-12-10-24/h4-7,13,18H,2-3,8-12,14-15H2,1H3,(H,22,23). The molecule has 2 aliphatic heterocycles. The van der Waals surface area contributed by atoms with Crippen LogP contribution in [0.4, 0.5) is 0 Å². The number of aromatic nitrogens is 2. The van der Waals surface area contributed by atoms with Gasteiger partial charge in [0.15, 0.2) is 0 Å². The fourth-order valence-electron chi connectivity index (χ4n) is 4.06. The molecule has 1 amide bonds. The van der Waals surface area contributed by atoms with Gasteiger partial charge in [-0.25, -0.2) is 0 Å². The van der Waals surface area contributed by atoms with E-state index in [0.29, 0.717) is 12.5 Å².